The normalized spacial score (nSPS) is 1.00. The van der Waals surface area contributed by atoms with E-state index in [9.17, 15) is 0 Å². The summed E-state index contributed by atoms with van der Waals surface area (Å²) in [4.78, 5) is 0. The van der Waals surface area contributed by atoms with E-state index in [2.05, 4.69) is 0 Å². The first kappa shape index (κ1) is 15.6. The summed E-state index contributed by atoms with van der Waals surface area (Å²) in [5.41, 5.74) is 0. The molecule has 1 nitrogen and oxygen atoms in total. The van der Waals surface area contributed by atoms with Crippen LogP contribution in [0.15, 0.2) is 0 Å². The van der Waals surface area contributed by atoms with E-state index in [1.165, 1.54) is 0 Å². The summed E-state index contributed by atoms with van der Waals surface area (Å²) in [5, 5.41) is 0. The first-order valence-electron chi connectivity index (χ1n) is 0.167. The first-order valence-corrected chi connectivity index (χ1v) is 1.36. The second-order valence-electron chi connectivity index (χ2n) is 0. The molecule has 0 N–H and O–H groups in total. The smallest absolute Gasteiger partial charge is 0 e. The topological polar surface area (TPSA) is 17.1 Å². The Labute approximate surface area is 114 Å². The van der Waals surface area contributed by atoms with Gasteiger partial charge < -0.3 is 0 Å². The van der Waals surface area contributed by atoms with Gasteiger partial charge in [-0.1, -0.05) is 0 Å². The fourth-order valence-corrected chi connectivity index (χ4v) is 0. The third-order valence-electron chi connectivity index (χ3n) is 0. The van der Waals surface area contributed by atoms with E-state index in [0.717, 1.165) is 0 Å². The van der Waals surface area contributed by atoms with Gasteiger partial charge in [0.1, 0.15) is 0 Å². The van der Waals surface area contributed by atoms with Gasteiger partial charge in [-0.05, 0) is 0 Å². The molecular formula is BaOSrW. The van der Waals surface area contributed by atoms with Crippen molar-refractivity contribution in [2.24, 2.45) is 0 Å². The second-order valence-corrected chi connectivity index (χ2v) is 0. The monoisotopic (exact) mass is 426 g/mol. The molecule has 0 rings (SSSR count). The van der Waals surface area contributed by atoms with Gasteiger partial charge in [0, 0.05) is 94.4 Å². The van der Waals surface area contributed by atoms with Gasteiger partial charge in [-0.3, -0.25) is 0 Å². The summed E-state index contributed by atoms with van der Waals surface area (Å²) in [6.45, 7) is 0. The van der Waals surface area contributed by atoms with E-state index < -0.39 is 0 Å². The molecule has 0 aliphatic rings. The van der Waals surface area contributed by atoms with Crippen LogP contribution in [0.2, 0.25) is 0 Å². The molecule has 4 heavy (non-hydrogen) atoms. The van der Waals surface area contributed by atoms with Crippen molar-refractivity contribution in [3.8, 4) is 0 Å². The van der Waals surface area contributed by atoms with Crippen LogP contribution < -0.4 is 0 Å². The number of hydrogen-bond acceptors (Lipinski definition) is 1. The molecular weight excluding hydrogens is 425 g/mol. The van der Waals surface area contributed by atoms with Crippen LogP contribution in [0.3, 0.4) is 0 Å². The predicted molar refractivity (Wildman–Crippen MR) is 12.2 cm³/mol. The molecule has 0 saturated heterocycles. The van der Waals surface area contributed by atoms with E-state index in [4.69, 9.17) is 3.40 Å². The molecule has 0 atom stereocenters. The van der Waals surface area contributed by atoms with Gasteiger partial charge >= 0.3 is 23.2 Å². The molecule has 0 unspecified atom stereocenters. The quantitative estimate of drug-likeness (QED) is 0.462. The first-order chi connectivity index (χ1) is 1.00. The van der Waals surface area contributed by atoms with Crippen LogP contribution in [0.4, 0.5) is 0 Å². The Kier molecular flexibility index (Phi) is 62.7. The van der Waals surface area contributed by atoms with Crippen LogP contribution >= 0.6 is 0 Å². The van der Waals surface area contributed by atoms with Crippen LogP contribution in [0, 0.1) is 0 Å². The Balaban J connectivity index is -0.00000000500. The second kappa shape index (κ2) is 16.0. The molecule has 0 aromatic carbocycles. The average molecular weight is 425 g/mol. The Bertz CT molecular complexity index is 8.00. The third kappa shape index (κ3) is 9.11. The summed E-state index contributed by atoms with van der Waals surface area (Å²) in [7, 11) is 0. The zero-order chi connectivity index (χ0) is 2.00. The van der Waals surface area contributed by atoms with Crippen molar-refractivity contribution >= 4 is 94.4 Å². The summed E-state index contributed by atoms with van der Waals surface area (Å²) < 4.78 is 8.33. The molecule has 0 spiro atoms. The number of rotatable bonds is 0. The predicted octanol–water partition coefficient (Wildman–Crippen LogP) is -0.883. The zero-order valence-electron chi connectivity index (χ0n) is 2.23. The number of hydrogen-bond donors (Lipinski definition) is 0. The molecule has 0 aliphatic carbocycles. The van der Waals surface area contributed by atoms with E-state index in [-0.39, 0.29) is 94.4 Å². The van der Waals surface area contributed by atoms with Crippen molar-refractivity contribution in [1.29, 1.82) is 0 Å². The minimum atomic E-state index is 0. The van der Waals surface area contributed by atoms with E-state index >= 15 is 0 Å². The Morgan fingerprint density at radius 3 is 1.25 bits per heavy atom. The van der Waals surface area contributed by atoms with Gasteiger partial charge in [-0.2, -0.15) is 0 Å². The molecule has 0 heterocycles. The van der Waals surface area contributed by atoms with Crippen molar-refractivity contribution in [2.75, 3.05) is 0 Å². The van der Waals surface area contributed by atoms with E-state index in [0.29, 0.717) is 19.8 Å². The average Bonchev–Trinajstić information content (AvgIpc) is 1.00. The minimum absolute atomic E-state index is 0. The van der Waals surface area contributed by atoms with Gasteiger partial charge in [0.05, 0.1) is 0 Å². The van der Waals surface area contributed by atoms with Crippen molar-refractivity contribution < 1.29 is 23.2 Å². The minimum Gasteiger partial charge on any atom is 0 e. The maximum Gasteiger partial charge on any atom is 0 e. The van der Waals surface area contributed by atoms with Crippen LogP contribution in [0.5, 0.6) is 0 Å². The van der Waals surface area contributed by atoms with E-state index in [1.54, 1.807) is 0 Å². The van der Waals surface area contributed by atoms with E-state index in [1.807, 2.05) is 0 Å². The fraction of sp³-hybridized carbons (Fsp3) is 0. The van der Waals surface area contributed by atoms with Crippen molar-refractivity contribution in [3.05, 3.63) is 0 Å². The Hall–Kier alpha value is 3.54. The maximum atomic E-state index is 8.33. The molecule has 0 fully saturated rings. The van der Waals surface area contributed by atoms with Crippen molar-refractivity contribution in [2.45, 2.75) is 0 Å². The van der Waals surface area contributed by atoms with Crippen molar-refractivity contribution in [3.63, 3.8) is 0 Å². The van der Waals surface area contributed by atoms with Gasteiger partial charge in [0.25, 0.3) is 0 Å². The van der Waals surface area contributed by atoms with Crippen LogP contribution in [0.25, 0.3) is 0 Å². The molecule has 0 aromatic rings. The van der Waals surface area contributed by atoms with Gasteiger partial charge in [0.2, 0.25) is 0 Å². The molecule has 16 valence electrons. The largest absolute Gasteiger partial charge is 0 e. The Morgan fingerprint density at radius 2 is 1.25 bits per heavy atom. The molecule has 4 heteroatoms. The summed E-state index contributed by atoms with van der Waals surface area (Å²) in [6, 6.07) is 0. The summed E-state index contributed by atoms with van der Waals surface area (Å²) in [5.74, 6) is 0. The fourth-order valence-electron chi connectivity index (χ4n) is 0. The third-order valence-corrected chi connectivity index (χ3v) is 0. The van der Waals surface area contributed by atoms with Crippen LogP contribution in [-0.4, -0.2) is 94.4 Å². The molecule has 0 aromatic heterocycles. The van der Waals surface area contributed by atoms with Gasteiger partial charge in [-0.15, -0.1) is 0 Å². The maximum absolute atomic E-state index is 8.33. The molecule has 0 saturated carbocycles. The van der Waals surface area contributed by atoms with Crippen molar-refractivity contribution in [1.82, 2.24) is 0 Å². The SMILES string of the molecule is [Ba].[O]=[W].[Sr]. The molecule has 0 aliphatic heterocycles. The van der Waals surface area contributed by atoms with Gasteiger partial charge in [0.15, 0.2) is 0 Å². The zero-order valence-corrected chi connectivity index (χ0v) is 13.1. The van der Waals surface area contributed by atoms with Gasteiger partial charge in [-0.25, -0.2) is 0 Å². The molecule has 4 radical (unpaired) electrons. The molecule has 0 bridgehead atoms. The Morgan fingerprint density at radius 1 is 1.25 bits per heavy atom. The summed E-state index contributed by atoms with van der Waals surface area (Å²) in [6.07, 6.45) is 0. The molecule has 0 amide bonds. The standard InChI is InChI=1S/Ba.O.Sr.W. The van der Waals surface area contributed by atoms with Crippen LogP contribution in [-0.2, 0) is 23.2 Å². The summed E-state index contributed by atoms with van der Waals surface area (Å²) >= 11 is 0.333. The van der Waals surface area contributed by atoms with Crippen LogP contribution in [0.1, 0.15) is 0 Å².